The second-order valence-corrected chi connectivity index (χ2v) is 9.84. The van der Waals surface area contributed by atoms with Crippen LogP contribution in [0.15, 0.2) is 73.3 Å². The number of fused-ring (bicyclic) bond motifs is 1. The van der Waals surface area contributed by atoms with Crippen LogP contribution in [-0.4, -0.2) is 77.9 Å². The summed E-state index contributed by atoms with van der Waals surface area (Å²) in [6, 6.07) is 17.4. The lowest BCUT2D eigenvalue weighted by molar-refractivity contribution is 0.0952. The van der Waals surface area contributed by atoms with E-state index in [-0.39, 0.29) is 12.0 Å². The summed E-state index contributed by atoms with van der Waals surface area (Å²) in [5.41, 5.74) is 4.77. The molecule has 0 aliphatic rings. The van der Waals surface area contributed by atoms with Gasteiger partial charge in [-0.15, -0.1) is 5.10 Å². The summed E-state index contributed by atoms with van der Waals surface area (Å²) in [6.07, 6.45) is 6.03. The predicted molar refractivity (Wildman–Crippen MR) is 157 cm³/mol. The molecule has 5 rings (SSSR count). The molecule has 5 aromatic rings. The number of nitrogens with one attached hydrogen (secondary N) is 1. The van der Waals surface area contributed by atoms with Crippen molar-refractivity contribution in [1.29, 1.82) is 0 Å². The highest BCUT2D eigenvalue weighted by Crippen LogP contribution is 2.28. The summed E-state index contributed by atoms with van der Waals surface area (Å²) in [5, 5.41) is 18.8. The van der Waals surface area contributed by atoms with E-state index in [1.54, 1.807) is 21.7 Å². The van der Waals surface area contributed by atoms with Gasteiger partial charge in [-0.2, -0.15) is 5.10 Å². The Bertz CT molecular complexity index is 1580. The molecule has 0 bridgehead atoms. The number of aromatic nitrogens is 7. The van der Waals surface area contributed by atoms with E-state index in [0.717, 1.165) is 54.2 Å². The maximum absolute atomic E-state index is 12.9. The average Bonchev–Trinajstić information content (AvgIpc) is 3.67. The Kier molecular flexibility index (Phi) is 8.95. The van der Waals surface area contributed by atoms with E-state index in [9.17, 15) is 4.79 Å². The van der Waals surface area contributed by atoms with Crippen LogP contribution < -0.4 is 10.1 Å². The average molecular weight is 554 g/mol. The zero-order chi connectivity index (χ0) is 28.6. The first kappa shape index (κ1) is 27.9. The van der Waals surface area contributed by atoms with E-state index in [0.29, 0.717) is 24.3 Å². The lowest BCUT2D eigenvalue weighted by Gasteiger charge is -2.17. The van der Waals surface area contributed by atoms with Crippen molar-refractivity contribution in [3.05, 3.63) is 78.9 Å². The third-order valence-corrected chi connectivity index (χ3v) is 6.94. The summed E-state index contributed by atoms with van der Waals surface area (Å²) in [5.74, 6) is 0.650. The molecule has 0 aliphatic heterocycles. The molecule has 1 atom stereocenters. The Labute approximate surface area is 239 Å². The number of ether oxygens (including phenoxy) is 1. The molecular formula is C30H35N9O2. The van der Waals surface area contributed by atoms with E-state index < -0.39 is 0 Å². The molecule has 0 saturated carbocycles. The van der Waals surface area contributed by atoms with Gasteiger partial charge < -0.3 is 15.0 Å². The third kappa shape index (κ3) is 6.93. The number of hydrogen-bond donors (Lipinski definition) is 1. The van der Waals surface area contributed by atoms with Crippen LogP contribution in [0.5, 0.6) is 5.75 Å². The van der Waals surface area contributed by atoms with Crippen LogP contribution in [-0.2, 0) is 6.54 Å². The van der Waals surface area contributed by atoms with E-state index in [4.69, 9.17) is 9.72 Å². The number of carbonyl (C=O) groups excluding carboxylic acids is 1. The molecule has 41 heavy (non-hydrogen) atoms. The van der Waals surface area contributed by atoms with Crippen molar-refractivity contribution in [2.45, 2.75) is 39.8 Å². The van der Waals surface area contributed by atoms with E-state index >= 15 is 0 Å². The van der Waals surface area contributed by atoms with E-state index in [1.807, 2.05) is 67.7 Å². The summed E-state index contributed by atoms with van der Waals surface area (Å²) < 4.78 is 9.49. The SMILES string of the molecule is CCN(CC)CCCNC(=O)c1cccc(-c2cnn3ccc(-c4cccc(O[C@@H](C)Cn5cnnn5)c4)nc23)c1. The highest BCUT2D eigenvalue weighted by Gasteiger charge is 2.14. The van der Waals surface area contributed by atoms with Crippen LogP contribution in [0, 0.1) is 0 Å². The molecule has 3 aromatic heterocycles. The fourth-order valence-corrected chi connectivity index (χ4v) is 4.73. The van der Waals surface area contributed by atoms with E-state index in [1.165, 1.54) is 0 Å². The summed E-state index contributed by atoms with van der Waals surface area (Å²) in [6.45, 7) is 10.5. The Hall–Kier alpha value is -4.64. The lowest BCUT2D eigenvalue weighted by Crippen LogP contribution is -2.29. The monoisotopic (exact) mass is 553 g/mol. The van der Waals surface area contributed by atoms with Crippen LogP contribution in [0.1, 0.15) is 37.6 Å². The van der Waals surface area contributed by atoms with Crippen molar-refractivity contribution in [1.82, 2.24) is 45.0 Å². The molecule has 11 nitrogen and oxygen atoms in total. The first-order chi connectivity index (χ1) is 20.0. The molecule has 0 spiro atoms. The van der Waals surface area contributed by atoms with Gasteiger partial charge in [0.2, 0.25) is 0 Å². The number of tetrazole rings is 1. The van der Waals surface area contributed by atoms with Crippen molar-refractivity contribution in [3.63, 3.8) is 0 Å². The quantitative estimate of drug-likeness (QED) is 0.218. The number of rotatable bonds is 13. The van der Waals surface area contributed by atoms with Gasteiger partial charge >= 0.3 is 0 Å². The molecule has 0 unspecified atom stereocenters. The van der Waals surface area contributed by atoms with Gasteiger partial charge in [-0.1, -0.05) is 38.1 Å². The summed E-state index contributed by atoms with van der Waals surface area (Å²) in [7, 11) is 0. The van der Waals surface area contributed by atoms with Gasteiger partial charge in [-0.25, -0.2) is 14.2 Å². The topological polar surface area (TPSA) is 115 Å². The van der Waals surface area contributed by atoms with Crippen molar-refractivity contribution >= 4 is 11.6 Å². The molecule has 0 fully saturated rings. The van der Waals surface area contributed by atoms with Crippen molar-refractivity contribution < 1.29 is 9.53 Å². The first-order valence-electron chi connectivity index (χ1n) is 14.0. The fourth-order valence-electron chi connectivity index (χ4n) is 4.73. The smallest absolute Gasteiger partial charge is 0.251 e. The lowest BCUT2D eigenvalue weighted by atomic mass is 10.0. The molecule has 0 saturated heterocycles. The van der Waals surface area contributed by atoms with Crippen LogP contribution in [0.25, 0.3) is 28.0 Å². The molecule has 212 valence electrons. The highest BCUT2D eigenvalue weighted by atomic mass is 16.5. The van der Waals surface area contributed by atoms with Crippen LogP contribution in [0.3, 0.4) is 0 Å². The number of amides is 1. The zero-order valence-electron chi connectivity index (χ0n) is 23.6. The minimum Gasteiger partial charge on any atom is -0.489 e. The van der Waals surface area contributed by atoms with Gasteiger partial charge in [0.15, 0.2) is 5.65 Å². The van der Waals surface area contributed by atoms with Crippen LogP contribution >= 0.6 is 0 Å². The van der Waals surface area contributed by atoms with Gasteiger partial charge in [-0.05, 0) is 79.3 Å². The summed E-state index contributed by atoms with van der Waals surface area (Å²) in [4.78, 5) is 20.2. The van der Waals surface area contributed by atoms with Crippen LogP contribution in [0.2, 0.25) is 0 Å². The summed E-state index contributed by atoms with van der Waals surface area (Å²) >= 11 is 0. The molecule has 11 heteroatoms. The zero-order valence-corrected chi connectivity index (χ0v) is 23.6. The Morgan fingerprint density at radius 3 is 2.71 bits per heavy atom. The van der Waals surface area contributed by atoms with Gasteiger partial charge in [0.1, 0.15) is 18.2 Å². The predicted octanol–water partition coefficient (Wildman–Crippen LogP) is 3.98. The molecule has 0 radical (unpaired) electrons. The van der Waals surface area contributed by atoms with Gasteiger partial charge in [0.05, 0.1) is 18.4 Å². The highest BCUT2D eigenvalue weighted by molar-refractivity contribution is 5.96. The molecule has 3 heterocycles. The Morgan fingerprint density at radius 2 is 1.90 bits per heavy atom. The standard InChI is InChI=1S/C30H35N9O2/c1-4-37(5-2)15-8-14-31-30(40)25-11-6-9-23(17-25)27-19-33-39-16-13-28(34-29(27)39)24-10-7-12-26(18-24)41-22(3)20-38-21-32-35-36-38/h6-7,9-13,16-19,21-22H,4-5,8,14-15,20H2,1-3H3,(H,31,40)/t22-/m0/s1. The number of hydrogen-bond acceptors (Lipinski definition) is 8. The van der Waals surface area contributed by atoms with Crippen molar-refractivity contribution in [3.8, 4) is 28.1 Å². The number of benzene rings is 2. The molecule has 1 N–H and O–H groups in total. The van der Waals surface area contributed by atoms with Gasteiger partial charge in [0, 0.05) is 29.4 Å². The maximum atomic E-state index is 12.9. The van der Waals surface area contributed by atoms with Gasteiger partial charge in [0.25, 0.3) is 5.91 Å². The normalized spacial score (nSPS) is 12.1. The molecule has 0 aliphatic carbocycles. The largest absolute Gasteiger partial charge is 0.489 e. The molecule has 1 amide bonds. The van der Waals surface area contributed by atoms with E-state index in [2.05, 4.69) is 44.7 Å². The fraction of sp³-hybridized carbons (Fsp3) is 0.333. The Balaban J connectivity index is 1.31. The van der Waals surface area contributed by atoms with Crippen molar-refractivity contribution in [2.24, 2.45) is 0 Å². The minimum atomic E-state index is -0.127. The van der Waals surface area contributed by atoms with Gasteiger partial charge in [-0.3, -0.25) is 4.79 Å². The second-order valence-electron chi connectivity index (χ2n) is 9.84. The Morgan fingerprint density at radius 1 is 1.07 bits per heavy atom. The number of nitrogens with zero attached hydrogens (tertiary/aromatic N) is 8. The molecular weight excluding hydrogens is 518 g/mol. The van der Waals surface area contributed by atoms with Crippen LogP contribution in [0.4, 0.5) is 0 Å². The number of carbonyl (C=O) groups is 1. The van der Waals surface area contributed by atoms with Crippen molar-refractivity contribution in [2.75, 3.05) is 26.2 Å². The second kappa shape index (κ2) is 13.1. The third-order valence-electron chi connectivity index (χ3n) is 6.94. The first-order valence-corrected chi connectivity index (χ1v) is 14.0. The molecule has 2 aromatic carbocycles. The maximum Gasteiger partial charge on any atom is 0.251 e. The minimum absolute atomic E-state index is 0.0809.